The van der Waals surface area contributed by atoms with Crippen LogP contribution >= 0.6 is 0 Å². The Morgan fingerprint density at radius 2 is 2.13 bits per heavy atom. The number of hydrogen-bond acceptors (Lipinski definition) is 3. The van der Waals surface area contributed by atoms with Crippen molar-refractivity contribution in [2.24, 2.45) is 4.99 Å². The van der Waals surface area contributed by atoms with E-state index in [2.05, 4.69) is 15.5 Å². The fraction of sp³-hybridized carbons (Fsp3) is 0.0909. The molecule has 0 saturated heterocycles. The molecule has 0 radical (unpaired) electrons. The third-order valence-corrected chi connectivity index (χ3v) is 1.82. The van der Waals surface area contributed by atoms with Gasteiger partial charge in [0.05, 0.1) is 6.34 Å². The molecule has 4 heteroatoms. The molecular weight excluding hydrogens is 190 g/mol. The van der Waals surface area contributed by atoms with Gasteiger partial charge in [-0.25, -0.2) is 4.99 Å². The Kier molecular flexibility index (Phi) is 2.78. The molecule has 0 spiro atoms. The van der Waals surface area contributed by atoms with Crippen LogP contribution in [0.3, 0.4) is 0 Å². The standard InChI is InChI=1S/C11H11N3O/c1-9-7-11(14-15-9)13-8-12-10-5-3-2-4-6-10/h2-8H,1H3,(H,12,13,14). The zero-order valence-electron chi connectivity index (χ0n) is 8.34. The Balaban J connectivity index is 1.96. The molecule has 0 saturated carbocycles. The van der Waals surface area contributed by atoms with Crippen molar-refractivity contribution >= 4 is 17.8 Å². The maximum Gasteiger partial charge on any atom is 0.196 e. The van der Waals surface area contributed by atoms with Gasteiger partial charge in [-0.1, -0.05) is 23.4 Å². The summed E-state index contributed by atoms with van der Waals surface area (Å²) in [5, 5.41) is 6.76. The lowest BCUT2D eigenvalue weighted by Gasteiger charge is -1.96. The van der Waals surface area contributed by atoms with Crippen LogP contribution in [0.5, 0.6) is 0 Å². The van der Waals surface area contributed by atoms with E-state index in [1.165, 1.54) is 0 Å². The predicted octanol–water partition coefficient (Wildman–Crippen LogP) is 2.75. The summed E-state index contributed by atoms with van der Waals surface area (Å²) in [7, 11) is 0. The summed E-state index contributed by atoms with van der Waals surface area (Å²) in [6.45, 7) is 1.83. The van der Waals surface area contributed by atoms with Crippen molar-refractivity contribution in [1.82, 2.24) is 5.16 Å². The van der Waals surface area contributed by atoms with Crippen molar-refractivity contribution in [3.8, 4) is 0 Å². The number of nitrogens with zero attached hydrogens (tertiary/aromatic N) is 2. The second-order valence-electron chi connectivity index (χ2n) is 3.06. The molecule has 0 bridgehead atoms. The number of aryl methyl sites for hydroxylation is 1. The van der Waals surface area contributed by atoms with E-state index in [9.17, 15) is 0 Å². The lowest BCUT2D eigenvalue weighted by molar-refractivity contribution is 0.399. The number of anilines is 1. The van der Waals surface area contributed by atoms with Crippen LogP contribution in [-0.4, -0.2) is 11.5 Å². The van der Waals surface area contributed by atoms with Crippen LogP contribution in [-0.2, 0) is 0 Å². The highest BCUT2D eigenvalue weighted by Gasteiger charge is 1.94. The van der Waals surface area contributed by atoms with E-state index in [1.54, 1.807) is 12.4 Å². The Morgan fingerprint density at radius 1 is 1.33 bits per heavy atom. The van der Waals surface area contributed by atoms with Crippen molar-refractivity contribution in [3.05, 3.63) is 42.2 Å². The SMILES string of the molecule is Cc1cc(N=CNc2ccccc2)no1. The van der Waals surface area contributed by atoms with Gasteiger partial charge in [0, 0.05) is 11.8 Å². The van der Waals surface area contributed by atoms with Crippen LogP contribution in [0.1, 0.15) is 5.76 Å². The molecule has 1 aromatic heterocycles. The summed E-state index contributed by atoms with van der Waals surface area (Å²) >= 11 is 0. The second kappa shape index (κ2) is 4.41. The topological polar surface area (TPSA) is 50.4 Å². The molecule has 2 aromatic rings. The van der Waals surface area contributed by atoms with Crippen LogP contribution in [0.25, 0.3) is 0 Å². The van der Waals surface area contributed by atoms with Gasteiger partial charge in [-0.15, -0.1) is 0 Å². The molecule has 4 nitrogen and oxygen atoms in total. The molecule has 1 N–H and O–H groups in total. The molecule has 15 heavy (non-hydrogen) atoms. The average Bonchev–Trinajstić information content (AvgIpc) is 2.66. The fourth-order valence-electron chi connectivity index (χ4n) is 1.12. The molecular formula is C11H11N3O. The molecule has 0 aliphatic heterocycles. The van der Waals surface area contributed by atoms with Crippen molar-refractivity contribution in [2.45, 2.75) is 6.92 Å². The Labute approximate surface area is 87.6 Å². The molecule has 76 valence electrons. The van der Waals surface area contributed by atoms with Crippen molar-refractivity contribution in [3.63, 3.8) is 0 Å². The maximum atomic E-state index is 4.88. The molecule has 2 rings (SSSR count). The highest BCUT2D eigenvalue weighted by atomic mass is 16.5. The molecule has 0 unspecified atom stereocenters. The number of hydrogen-bond donors (Lipinski definition) is 1. The summed E-state index contributed by atoms with van der Waals surface area (Å²) in [4.78, 5) is 4.08. The van der Waals surface area contributed by atoms with Gasteiger partial charge in [-0.2, -0.15) is 0 Å². The molecule has 0 aliphatic rings. The van der Waals surface area contributed by atoms with E-state index >= 15 is 0 Å². The summed E-state index contributed by atoms with van der Waals surface area (Å²) < 4.78 is 4.88. The Morgan fingerprint density at radius 3 is 2.80 bits per heavy atom. The highest BCUT2D eigenvalue weighted by Crippen LogP contribution is 2.10. The zero-order valence-corrected chi connectivity index (χ0v) is 8.34. The van der Waals surface area contributed by atoms with Crippen LogP contribution in [0.15, 0.2) is 45.9 Å². The number of aromatic nitrogens is 1. The molecule has 0 fully saturated rings. The quantitative estimate of drug-likeness (QED) is 0.613. The first kappa shape index (κ1) is 9.45. The van der Waals surface area contributed by atoms with Gasteiger partial charge < -0.3 is 9.84 Å². The maximum absolute atomic E-state index is 4.88. The van der Waals surface area contributed by atoms with E-state index < -0.39 is 0 Å². The lowest BCUT2D eigenvalue weighted by Crippen LogP contribution is -1.92. The highest BCUT2D eigenvalue weighted by molar-refractivity contribution is 5.77. The summed E-state index contributed by atoms with van der Waals surface area (Å²) in [6.07, 6.45) is 1.59. The van der Waals surface area contributed by atoms with Gasteiger partial charge in [-0.3, -0.25) is 0 Å². The van der Waals surface area contributed by atoms with E-state index in [0.717, 1.165) is 11.4 Å². The first-order valence-electron chi connectivity index (χ1n) is 4.62. The van der Waals surface area contributed by atoms with Crippen molar-refractivity contribution < 1.29 is 4.52 Å². The molecule has 0 atom stereocenters. The van der Waals surface area contributed by atoms with Gasteiger partial charge in [0.15, 0.2) is 5.82 Å². The van der Waals surface area contributed by atoms with Gasteiger partial charge >= 0.3 is 0 Å². The van der Waals surface area contributed by atoms with Crippen molar-refractivity contribution in [1.29, 1.82) is 0 Å². The monoisotopic (exact) mass is 201 g/mol. The smallest absolute Gasteiger partial charge is 0.196 e. The lowest BCUT2D eigenvalue weighted by atomic mass is 10.3. The Bertz CT molecular complexity index is 448. The number of nitrogens with one attached hydrogen (secondary N) is 1. The number of benzene rings is 1. The fourth-order valence-corrected chi connectivity index (χ4v) is 1.12. The average molecular weight is 201 g/mol. The summed E-state index contributed by atoms with van der Waals surface area (Å²) in [5.74, 6) is 1.32. The predicted molar refractivity (Wildman–Crippen MR) is 59.5 cm³/mol. The molecule has 0 aliphatic carbocycles. The minimum Gasteiger partial charge on any atom is -0.359 e. The van der Waals surface area contributed by atoms with E-state index in [-0.39, 0.29) is 0 Å². The van der Waals surface area contributed by atoms with Gasteiger partial charge in [0.1, 0.15) is 5.76 Å². The van der Waals surface area contributed by atoms with E-state index in [1.807, 2.05) is 37.3 Å². The third-order valence-electron chi connectivity index (χ3n) is 1.82. The second-order valence-corrected chi connectivity index (χ2v) is 3.06. The minimum atomic E-state index is 0.566. The van der Waals surface area contributed by atoms with Crippen LogP contribution in [0.2, 0.25) is 0 Å². The van der Waals surface area contributed by atoms with Gasteiger partial charge in [0.2, 0.25) is 0 Å². The van der Waals surface area contributed by atoms with E-state index in [4.69, 9.17) is 4.52 Å². The van der Waals surface area contributed by atoms with Crippen molar-refractivity contribution in [2.75, 3.05) is 5.32 Å². The summed E-state index contributed by atoms with van der Waals surface area (Å²) in [6, 6.07) is 11.6. The first-order chi connectivity index (χ1) is 7.34. The Hall–Kier alpha value is -2.10. The zero-order chi connectivity index (χ0) is 10.5. The third kappa shape index (κ3) is 2.67. The molecule has 1 heterocycles. The summed E-state index contributed by atoms with van der Waals surface area (Å²) in [5.41, 5.74) is 0.987. The largest absolute Gasteiger partial charge is 0.359 e. The van der Waals surface area contributed by atoms with Crippen LogP contribution in [0, 0.1) is 6.92 Å². The van der Waals surface area contributed by atoms with Gasteiger partial charge in [-0.05, 0) is 19.1 Å². The number of rotatable bonds is 3. The molecule has 1 aromatic carbocycles. The first-order valence-corrected chi connectivity index (χ1v) is 4.62. The van der Waals surface area contributed by atoms with E-state index in [0.29, 0.717) is 5.82 Å². The van der Waals surface area contributed by atoms with Crippen LogP contribution in [0.4, 0.5) is 11.5 Å². The minimum absolute atomic E-state index is 0.566. The molecule has 0 amide bonds. The van der Waals surface area contributed by atoms with Gasteiger partial charge in [0.25, 0.3) is 0 Å². The number of para-hydroxylation sites is 1. The van der Waals surface area contributed by atoms with Crippen LogP contribution < -0.4 is 5.32 Å². The normalized spacial score (nSPS) is 10.7. The number of aliphatic imine (C=N–C) groups is 1.